The summed E-state index contributed by atoms with van der Waals surface area (Å²) in [5.74, 6) is 0.930. The minimum absolute atomic E-state index is 0.151. The molecule has 2 aliphatic heterocycles. The van der Waals surface area contributed by atoms with Crippen LogP contribution in [0.4, 0.5) is 10.1 Å². The fourth-order valence-corrected chi connectivity index (χ4v) is 4.36. The third kappa shape index (κ3) is 4.38. The van der Waals surface area contributed by atoms with Crippen LogP contribution in [0.15, 0.2) is 47.1 Å². The van der Waals surface area contributed by atoms with Crippen molar-refractivity contribution in [1.82, 2.24) is 9.80 Å². The second-order valence-electron chi connectivity index (χ2n) is 7.69. The summed E-state index contributed by atoms with van der Waals surface area (Å²) < 4.78 is 19.4. The number of amides is 1. The number of furan rings is 1. The Morgan fingerprint density at radius 3 is 2.64 bits per heavy atom. The molecule has 2 fully saturated rings. The van der Waals surface area contributed by atoms with E-state index in [0.717, 1.165) is 57.9 Å². The molecule has 0 saturated carbocycles. The number of hydrogen-bond acceptors (Lipinski definition) is 4. The van der Waals surface area contributed by atoms with Crippen LogP contribution in [0.1, 0.15) is 25.0 Å². The lowest BCUT2D eigenvalue weighted by molar-refractivity contribution is -0.133. The van der Waals surface area contributed by atoms with Crippen molar-refractivity contribution in [2.75, 3.05) is 44.2 Å². The zero-order chi connectivity index (χ0) is 19.3. The van der Waals surface area contributed by atoms with Crippen LogP contribution in [0.5, 0.6) is 0 Å². The highest BCUT2D eigenvalue weighted by molar-refractivity contribution is 5.76. The van der Waals surface area contributed by atoms with Gasteiger partial charge in [0.2, 0.25) is 5.91 Å². The van der Waals surface area contributed by atoms with Crippen molar-refractivity contribution in [2.45, 2.75) is 31.7 Å². The summed E-state index contributed by atoms with van der Waals surface area (Å²) in [5, 5.41) is 0. The SMILES string of the molecule is O=C(CCc1ccco1)N1CCCC(N2CCN(c3ccccc3F)CC2)C1. The zero-order valence-electron chi connectivity index (χ0n) is 16.2. The predicted molar refractivity (Wildman–Crippen MR) is 107 cm³/mol. The van der Waals surface area contributed by atoms with E-state index in [9.17, 15) is 9.18 Å². The molecule has 1 aromatic carbocycles. The van der Waals surface area contributed by atoms with E-state index in [-0.39, 0.29) is 11.7 Å². The van der Waals surface area contributed by atoms with E-state index in [0.29, 0.717) is 24.6 Å². The minimum atomic E-state index is -0.151. The highest BCUT2D eigenvalue weighted by Gasteiger charge is 2.30. The van der Waals surface area contributed by atoms with Crippen LogP contribution in [0.25, 0.3) is 0 Å². The lowest BCUT2D eigenvalue weighted by atomic mass is 10.0. The maximum absolute atomic E-state index is 14.0. The van der Waals surface area contributed by atoms with Crippen molar-refractivity contribution >= 4 is 11.6 Å². The molecule has 1 atom stereocenters. The van der Waals surface area contributed by atoms with Crippen molar-refractivity contribution < 1.29 is 13.6 Å². The van der Waals surface area contributed by atoms with Gasteiger partial charge in [0.15, 0.2) is 0 Å². The molecule has 2 saturated heterocycles. The van der Waals surface area contributed by atoms with Gasteiger partial charge in [-0.25, -0.2) is 4.39 Å². The first-order valence-electron chi connectivity index (χ1n) is 10.2. The van der Waals surface area contributed by atoms with Gasteiger partial charge in [-0.05, 0) is 37.1 Å². The molecular weight excluding hydrogens is 357 g/mol. The second-order valence-corrected chi connectivity index (χ2v) is 7.69. The summed E-state index contributed by atoms with van der Waals surface area (Å²) in [6.45, 7) is 5.12. The highest BCUT2D eigenvalue weighted by atomic mass is 19.1. The van der Waals surface area contributed by atoms with Crippen molar-refractivity contribution in [1.29, 1.82) is 0 Å². The normalized spacial score (nSPS) is 21.1. The topological polar surface area (TPSA) is 39.9 Å². The average molecular weight is 385 g/mol. The number of rotatable bonds is 5. The second kappa shape index (κ2) is 8.78. The summed E-state index contributed by atoms with van der Waals surface area (Å²) in [6.07, 6.45) is 4.99. The van der Waals surface area contributed by atoms with Gasteiger partial charge >= 0.3 is 0 Å². The molecule has 5 nitrogen and oxygen atoms in total. The summed E-state index contributed by atoms with van der Waals surface area (Å²) in [7, 11) is 0. The summed E-state index contributed by atoms with van der Waals surface area (Å²) in [4.78, 5) is 19.2. The number of nitrogens with zero attached hydrogens (tertiary/aromatic N) is 3. The standard InChI is InChI=1S/C22H28FN3O2/c23-20-7-1-2-8-21(20)25-14-12-24(13-15-25)18-5-3-11-26(17-18)22(27)10-9-19-6-4-16-28-19/h1-2,4,6-8,16,18H,3,5,9-15,17H2. The molecule has 0 spiro atoms. The van der Waals surface area contributed by atoms with Crippen molar-refractivity contribution in [2.24, 2.45) is 0 Å². The Bertz CT molecular complexity index is 772. The molecule has 0 aliphatic carbocycles. The van der Waals surface area contributed by atoms with Gasteiger partial charge in [-0.15, -0.1) is 0 Å². The third-order valence-electron chi connectivity index (χ3n) is 5.94. The molecule has 2 aromatic rings. The minimum Gasteiger partial charge on any atom is -0.469 e. The maximum atomic E-state index is 14.0. The third-order valence-corrected chi connectivity index (χ3v) is 5.94. The molecule has 4 rings (SSSR count). The lowest BCUT2D eigenvalue weighted by Crippen LogP contribution is -2.56. The molecule has 150 valence electrons. The Labute approximate surface area is 165 Å². The number of para-hydroxylation sites is 1. The van der Waals surface area contributed by atoms with E-state index in [2.05, 4.69) is 9.80 Å². The van der Waals surface area contributed by atoms with Gasteiger partial charge in [0.05, 0.1) is 12.0 Å². The van der Waals surface area contributed by atoms with Gasteiger partial charge in [-0.2, -0.15) is 0 Å². The van der Waals surface area contributed by atoms with E-state index < -0.39 is 0 Å². The molecule has 0 radical (unpaired) electrons. The molecule has 1 unspecified atom stereocenters. The Balaban J connectivity index is 1.28. The van der Waals surface area contributed by atoms with Gasteiger partial charge in [0, 0.05) is 58.2 Å². The average Bonchev–Trinajstić information content (AvgIpc) is 3.26. The molecule has 2 aliphatic rings. The molecular formula is C22H28FN3O2. The van der Waals surface area contributed by atoms with Crippen LogP contribution in [0.2, 0.25) is 0 Å². The van der Waals surface area contributed by atoms with Crippen LogP contribution >= 0.6 is 0 Å². The Hall–Kier alpha value is -2.34. The molecule has 1 aromatic heterocycles. The molecule has 3 heterocycles. The number of piperidine rings is 1. The quantitative estimate of drug-likeness (QED) is 0.793. The number of benzene rings is 1. The fraction of sp³-hybridized carbons (Fsp3) is 0.500. The molecule has 6 heteroatoms. The number of likely N-dealkylation sites (tertiary alicyclic amines) is 1. The van der Waals surface area contributed by atoms with Gasteiger partial charge in [-0.3, -0.25) is 9.69 Å². The Morgan fingerprint density at radius 2 is 1.89 bits per heavy atom. The number of carbonyl (C=O) groups excluding carboxylic acids is 1. The number of carbonyl (C=O) groups is 1. The van der Waals surface area contributed by atoms with Gasteiger partial charge in [-0.1, -0.05) is 12.1 Å². The molecule has 0 N–H and O–H groups in total. The van der Waals surface area contributed by atoms with E-state index in [4.69, 9.17) is 4.42 Å². The van der Waals surface area contributed by atoms with Crippen molar-refractivity contribution in [3.05, 3.63) is 54.2 Å². The smallest absolute Gasteiger partial charge is 0.223 e. The highest BCUT2D eigenvalue weighted by Crippen LogP contribution is 2.23. The van der Waals surface area contributed by atoms with E-state index >= 15 is 0 Å². The predicted octanol–water partition coefficient (Wildman–Crippen LogP) is 3.16. The monoisotopic (exact) mass is 385 g/mol. The number of hydrogen-bond donors (Lipinski definition) is 0. The van der Waals surface area contributed by atoms with Gasteiger partial charge in [0.25, 0.3) is 0 Å². The molecule has 0 bridgehead atoms. The number of anilines is 1. The van der Waals surface area contributed by atoms with Crippen LogP contribution < -0.4 is 4.90 Å². The Morgan fingerprint density at radius 1 is 1.07 bits per heavy atom. The van der Waals surface area contributed by atoms with Gasteiger partial charge < -0.3 is 14.2 Å². The van der Waals surface area contributed by atoms with Crippen molar-refractivity contribution in [3.63, 3.8) is 0 Å². The first kappa shape index (κ1) is 19.0. The number of piperazine rings is 1. The largest absolute Gasteiger partial charge is 0.469 e. The fourth-order valence-electron chi connectivity index (χ4n) is 4.36. The Kier molecular flexibility index (Phi) is 5.95. The van der Waals surface area contributed by atoms with E-state index in [1.54, 1.807) is 12.3 Å². The van der Waals surface area contributed by atoms with E-state index in [1.165, 1.54) is 6.07 Å². The number of aryl methyl sites for hydroxylation is 1. The van der Waals surface area contributed by atoms with Crippen LogP contribution in [-0.2, 0) is 11.2 Å². The molecule has 28 heavy (non-hydrogen) atoms. The zero-order valence-corrected chi connectivity index (χ0v) is 16.2. The summed E-state index contributed by atoms with van der Waals surface area (Å²) >= 11 is 0. The maximum Gasteiger partial charge on any atom is 0.223 e. The first-order chi connectivity index (χ1) is 13.7. The van der Waals surface area contributed by atoms with E-state index in [1.807, 2.05) is 29.2 Å². The molecule has 1 amide bonds. The van der Waals surface area contributed by atoms with Crippen LogP contribution in [0.3, 0.4) is 0 Å². The van der Waals surface area contributed by atoms with Crippen molar-refractivity contribution in [3.8, 4) is 0 Å². The summed E-state index contributed by atoms with van der Waals surface area (Å²) in [6, 6.07) is 11.2. The lowest BCUT2D eigenvalue weighted by Gasteiger charge is -2.44. The first-order valence-corrected chi connectivity index (χ1v) is 10.2. The number of halogens is 1. The summed E-state index contributed by atoms with van der Waals surface area (Å²) in [5.41, 5.74) is 0.695. The van der Waals surface area contributed by atoms with Crippen LogP contribution in [-0.4, -0.2) is 61.0 Å². The van der Waals surface area contributed by atoms with Crippen LogP contribution in [0, 0.1) is 5.82 Å². The van der Waals surface area contributed by atoms with Gasteiger partial charge in [0.1, 0.15) is 11.6 Å².